The van der Waals surface area contributed by atoms with Gasteiger partial charge >= 0.3 is 0 Å². The third kappa shape index (κ3) is 4.48. The van der Waals surface area contributed by atoms with Crippen molar-refractivity contribution in [3.63, 3.8) is 0 Å². The SMILES string of the molecule is CN(C)CCn1ncc(Br)c1C(O)CSC1CCCC1. The molecule has 0 amide bonds. The van der Waals surface area contributed by atoms with E-state index in [0.717, 1.165) is 34.3 Å². The Hall–Kier alpha value is -0.0400. The summed E-state index contributed by atoms with van der Waals surface area (Å²) < 4.78 is 2.83. The molecule has 1 aliphatic carbocycles. The minimum Gasteiger partial charge on any atom is -0.386 e. The van der Waals surface area contributed by atoms with Crippen LogP contribution in [0.1, 0.15) is 37.5 Å². The van der Waals surface area contributed by atoms with Crippen LogP contribution >= 0.6 is 27.7 Å². The van der Waals surface area contributed by atoms with Crippen molar-refractivity contribution in [2.45, 2.75) is 43.6 Å². The maximum Gasteiger partial charge on any atom is 0.106 e. The molecule has 0 radical (unpaired) electrons. The maximum absolute atomic E-state index is 10.5. The molecule has 0 bridgehead atoms. The third-order valence-corrected chi connectivity index (χ3v) is 5.76. The van der Waals surface area contributed by atoms with E-state index in [0.29, 0.717) is 0 Å². The van der Waals surface area contributed by atoms with Crippen molar-refractivity contribution in [3.05, 3.63) is 16.4 Å². The predicted octanol–water partition coefficient (Wildman–Crippen LogP) is 2.92. The Morgan fingerprint density at radius 1 is 1.50 bits per heavy atom. The number of nitrogens with zero attached hydrogens (tertiary/aromatic N) is 3. The number of aliphatic hydroxyl groups is 1. The van der Waals surface area contributed by atoms with Crippen LogP contribution in [0, 0.1) is 0 Å². The first-order chi connectivity index (χ1) is 9.58. The Labute approximate surface area is 134 Å². The molecule has 1 aliphatic rings. The fourth-order valence-electron chi connectivity index (χ4n) is 2.54. The molecule has 1 aromatic rings. The van der Waals surface area contributed by atoms with E-state index >= 15 is 0 Å². The number of thioether (sulfide) groups is 1. The summed E-state index contributed by atoms with van der Waals surface area (Å²) in [6.45, 7) is 1.72. The molecule has 1 N–H and O–H groups in total. The highest BCUT2D eigenvalue weighted by molar-refractivity contribution is 9.10. The molecule has 1 atom stereocenters. The van der Waals surface area contributed by atoms with Crippen LogP contribution in [-0.2, 0) is 6.54 Å². The summed E-state index contributed by atoms with van der Waals surface area (Å²) >= 11 is 5.42. The Bertz CT molecular complexity index is 419. The standard InChI is InChI=1S/C14H24BrN3OS/c1-17(2)7-8-18-14(12(15)9-16-18)13(19)10-20-11-5-3-4-6-11/h9,11,13,19H,3-8,10H2,1-2H3. The molecule has 0 spiro atoms. The van der Waals surface area contributed by atoms with E-state index in [1.54, 1.807) is 6.20 Å². The van der Waals surface area contributed by atoms with Crippen molar-refractivity contribution in [1.82, 2.24) is 14.7 Å². The molecule has 114 valence electrons. The number of halogens is 1. The van der Waals surface area contributed by atoms with Gasteiger partial charge in [0.1, 0.15) is 6.10 Å². The quantitative estimate of drug-likeness (QED) is 0.810. The zero-order chi connectivity index (χ0) is 14.5. The Morgan fingerprint density at radius 2 is 2.20 bits per heavy atom. The molecule has 0 saturated heterocycles. The number of hydrogen-bond donors (Lipinski definition) is 1. The van der Waals surface area contributed by atoms with E-state index in [2.05, 4.69) is 25.9 Å². The second kappa shape index (κ2) is 7.82. The normalized spacial score (nSPS) is 18.1. The first-order valence-electron chi connectivity index (χ1n) is 7.23. The van der Waals surface area contributed by atoms with E-state index in [4.69, 9.17) is 0 Å². The molecule has 1 saturated carbocycles. The number of likely N-dealkylation sites (N-methyl/N-ethyl adjacent to an activating group) is 1. The Balaban J connectivity index is 1.93. The van der Waals surface area contributed by atoms with Gasteiger partial charge in [0.15, 0.2) is 0 Å². The largest absolute Gasteiger partial charge is 0.386 e. The molecule has 4 nitrogen and oxygen atoms in total. The molecule has 1 fully saturated rings. The van der Waals surface area contributed by atoms with Crippen LogP contribution in [0.5, 0.6) is 0 Å². The van der Waals surface area contributed by atoms with E-state index < -0.39 is 6.10 Å². The fraction of sp³-hybridized carbons (Fsp3) is 0.786. The van der Waals surface area contributed by atoms with E-state index in [9.17, 15) is 5.11 Å². The summed E-state index contributed by atoms with van der Waals surface area (Å²) in [6, 6.07) is 0. The van der Waals surface area contributed by atoms with Gasteiger partial charge in [0.2, 0.25) is 0 Å². The van der Waals surface area contributed by atoms with Crippen molar-refractivity contribution >= 4 is 27.7 Å². The monoisotopic (exact) mass is 361 g/mol. The molecule has 0 aliphatic heterocycles. The number of aromatic nitrogens is 2. The van der Waals surface area contributed by atoms with Gasteiger partial charge in [-0.15, -0.1) is 0 Å². The summed E-state index contributed by atoms with van der Waals surface area (Å²) in [6.07, 6.45) is 6.64. The summed E-state index contributed by atoms with van der Waals surface area (Å²) in [5.41, 5.74) is 0.914. The predicted molar refractivity (Wildman–Crippen MR) is 88.2 cm³/mol. The van der Waals surface area contributed by atoms with Crippen LogP contribution in [-0.4, -0.2) is 51.4 Å². The van der Waals surface area contributed by atoms with Crippen molar-refractivity contribution in [2.24, 2.45) is 0 Å². The van der Waals surface area contributed by atoms with Crippen molar-refractivity contribution in [2.75, 3.05) is 26.4 Å². The van der Waals surface area contributed by atoms with Crippen LogP contribution < -0.4 is 0 Å². The van der Waals surface area contributed by atoms with Crippen LogP contribution in [0.15, 0.2) is 10.7 Å². The molecule has 1 unspecified atom stereocenters. The van der Waals surface area contributed by atoms with Gasteiger partial charge in [0, 0.05) is 17.5 Å². The lowest BCUT2D eigenvalue weighted by Gasteiger charge is -2.17. The first-order valence-corrected chi connectivity index (χ1v) is 9.07. The van der Waals surface area contributed by atoms with Crippen LogP contribution in [0.2, 0.25) is 0 Å². The van der Waals surface area contributed by atoms with E-state index in [1.165, 1.54) is 25.7 Å². The lowest BCUT2D eigenvalue weighted by atomic mass is 10.3. The maximum atomic E-state index is 10.5. The Morgan fingerprint density at radius 3 is 2.85 bits per heavy atom. The zero-order valence-corrected chi connectivity index (χ0v) is 14.7. The van der Waals surface area contributed by atoms with E-state index in [1.807, 2.05) is 30.5 Å². The summed E-state index contributed by atoms with van der Waals surface area (Å²) in [5, 5.41) is 15.6. The van der Waals surface area contributed by atoms with Gasteiger partial charge in [0.05, 0.1) is 22.9 Å². The van der Waals surface area contributed by atoms with Crippen molar-refractivity contribution < 1.29 is 5.11 Å². The average Bonchev–Trinajstić information content (AvgIpc) is 3.03. The van der Waals surface area contributed by atoms with Crippen molar-refractivity contribution in [3.8, 4) is 0 Å². The van der Waals surface area contributed by atoms with Gasteiger partial charge in [-0.3, -0.25) is 4.68 Å². The molecular weight excluding hydrogens is 338 g/mol. The minimum atomic E-state index is -0.445. The lowest BCUT2D eigenvalue weighted by molar-refractivity contribution is 0.189. The van der Waals surface area contributed by atoms with Crippen LogP contribution in [0.3, 0.4) is 0 Å². The molecule has 1 heterocycles. The Kier molecular flexibility index (Phi) is 6.39. The van der Waals surface area contributed by atoms with Crippen LogP contribution in [0.4, 0.5) is 0 Å². The molecule has 2 rings (SSSR count). The van der Waals surface area contributed by atoms with Gasteiger partial charge in [-0.1, -0.05) is 12.8 Å². The summed E-state index contributed by atoms with van der Waals surface area (Å²) in [4.78, 5) is 2.12. The smallest absolute Gasteiger partial charge is 0.106 e. The second-order valence-corrected chi connectivity index (χ2v) is 7.85. The molecular formula is C14H24BrN3OS. The zero-order valence-electron chi connectivity index (χ0n) is 12.3. The number of hydrogen-bond acceptors (Lipinski definition) is 4. The number of aliphatic hydroxyl groups excluding tert-OH is 1. The first kappa shape index (κ1) is 16.3. The van der Waals surface area contributed by atoms with Gasteiger partial charge in [-0.2, -0.15) is 16.9 Å². The highest BCUT2D eigenvalue weighted by Gasteiger charge is 2.21. The van der Waals surface area contributed by atoms with Gasteiger partial charge in [-0.05, 0) is 42.9 Å². The van der Waals surface area contributed by atoms with Gasteiger partial charge < -0.3 is 10.0 Å². The van der Waals surface area contributed by atoms with Crippen LogP contribution in [0.25, 0.3) is 0 Å². The molecule has 6 heteroatoms. The van der Waals surface area contributed by atoms with Crippen molar-refractivity contribution in [1.29, 1.82) is 0 Å². The van der Waals surface area contributed by atoms with E-state index in [-0.39, 0.29) is 0 Å². The van der Waals surface area contributed by atoms with Gasteiger partial charge in [-0.25, -0.2) is 0 Å². The molecule has 20 heavy (non-hydrogen) atoms. The molecule has 1 aromatic heterocycles. The second-order valence-electron chi connectivity index (χ2n) is 5.66. The summed E-state index contributed by atoms with van der Waals surface area (Å²) in [5.74, 6) is 0.761. The minimum absolute atomic E-state index is 0.445. The average molecular weight is 362 g/mol. The lowest BCUT2D eigenvalue weighted by Crippen LogP contribution is -2.21. The fourth-order valence-corrected chi connectivity index (χ4v) is 4.38. The topological polar surface area (TPSA) is 41.3 Å². The molecule has 0 aromatic carbocycles. The highest BCUT2D eigenvalue weighted by atomic mass is 79.9. The van der Waals surface area contributed by atoms with Gasteiger partial charge in [0.25, 0.3) is 0 Å². The highest BCUT2D eigenvalue weighted by Crippen LogP contribution is 2.33. The third-order valence-electron chi connectivity index (χ3n) is 3.70. The summed E-state index contributed by atoms with van der Waals surface area (Å²) in [7, 11) is 4.09. The number of rotatable bonds is 7.